The van der Waals surface area contributed by atoms with E-state index in [9.17, 15) is 10.1 Å². The Hall–Kier alpha value is -1.21. The van der Waals surface area contributed by atoms with Crippen LogP contribution in [0.2, 0.25) is 0 Å². The van der Waals surface area contributed by atoms with Gasteiger partial charge < -0.3 is 10.6 Å². The number of thiazole rings is 1. The molecule has 0 radical (unpaired) electrons. The van der Waals surface area contributed by atoms with Crippen molar-refractivity contribution < 1.29 is 4.92 Å². The van der Waals surface area contributed by atoms with Gasteiger partial charge in [-0.3, -0.25) is 10.1 Å². The summed E-state index contributed by atoms with van der Waals surface area (Å²) in [4.78, 5) is 16.4. The van der Waals surface area contributed by atoms with Crippen molar-refractivity contribution in [3.05, 3.63) is 16.3 Å². The Kier molecular flexibility index (Phi) is 3.06. The van der Waals surface area contributed by atoms with Crippen molar-refractivity contribution in [2.75, 3.05) is 18.0 Å². The lowest BCUT2D eigenvalue weighted by molar-refractivity contribution is -0.380. The lowest BCUT2D eigenvalue weighted by Gasteiger charge is -2.19. The molecule has 0 bridgehead atoms. The van der Waals surface area contributed by atoms with Crippen LogP contribution in [-0.2, 0) is 0 Å². The lowest BCUT2D eigenvalue weighted by atomic mass is 10.1. The van der Waals surface area contributed by atoms with E-state index in [0.717, 1.165) is 29.4 Å². The molecule has 1 fully saturated rings. The van der Waals surface area contributed by atoms with Gasteiger partial charge in [-0.15, -0.1) is 0 Å². The van der Waals surface area contributed by atoms with E-state index >= 15 is 0 Å². The van der Waals surface area contributed by atoms with Gasteiger partial charge in [-0.2, -0.15) is 0 Å². The van der Waals surface area contributed by atoms with Gasteiger partial charge in [0.15, 0.2) is 5.13 Å². The molecule has 88 valence electrons. The second kappa shape index (κ2) is 4.34. The first-order valence-corrected chi connectivity index (χ1v) is 6.00. The molecule has 6 nitrogen and oxygen atoms in total. The molecule has 0 aromatic carbocycles. The fraction of sp³-hybridized carbons (Fsp3) is 0.667. The predicted molar refractivity (Wildman–Crippen MR) is 62.7 cm³/mol. The van der Waals surface area contributed by atoms with Crippen LogP contribution in [0.4, 0.5) is 10.1 Å². The van der Waals surface area contributed by atoms with Gasteiger partial charge >= 0.3 is 5.00 Å². The van der Waals surface area contributed by atoms with Crippen LogP contribution >= 0.6 is 11.3 Å². The number of nitrogens with zero attached hydrogens (tertiary/aromatic N) is 3. The average Bonchev–Trinajstić information content (AvgIpc) is 2.83. The molecule has 1 saturated heterocycles. The normalized spacial score (nSPS) is 25.0. The summed E-state index contributed by atoms with van der Waals surface area (Å²) in [6.07, 6.45) is 2.35. The van der Waals surface area contributed by atoms with Gasteiger partial charge in [0.2, 0.25) is 0 Å². The summed E-state index contributed by atoms with van der Waals surface area (Å²) in [5, 5.41) is 11.4. The summed E-state index contributed by atoms with van der Waals surface area (Å²) < 4.78 is 0. The SMILES string of the molecule is CC1CC(CN)CN1c1ncc([N+](=O)[O-])s1. The highest BCUT2D eigenvalue weighted by Gasteiger charge is 2.30. The summed E-state index contributed by atoms with van der Waals surface area (Å²) in [5.74, 6) is 0.470. The highest BCUT2D eigenvalue weighted by molar-refractivity contribution is 7.18. The zero-order chi connectivity index (χ0) is 11.7. The van der Waals surface area contributed by atoms with Crippen LogP contribution in [0.5, 0.6) is 0 Å². The zero-order valence-corrected chi connectivity index (χ0v) is 9.81. The van der Waals surface area contributed by atoms with Crippen LogP contribution in [0.3, 0.4) is 0 Å². The summed E-state index contributed by atoms with van der Waals surface area (Å²) in [5.41, 5.74) is 5.64. The third-order valence-corrected chi connectivity index (χ3v) is 3.89. The first-order chi connectivity index (χ1) is 7.61. The third-order valence-electron chi connectivity index (χ3n) is 2.90. The molecule has 2 N–H and O–H groups in total. The molecule has 16 heavy (non-hydrogen) atoms. The molecule has 0 spiro atoms. The number of nitrogens with two attached hydrogens (primary N) is 1. The fourth-order valence-corrected chi connectivity index (χ4v) is 2.90. The molecule has 2 atom stereocenters. The van der Waals surface area contributed by atoms with Gasteiger partial charge in [0.05, 0.1) is 4.92 Å². The molecule has 2 unspecified atom stereocenters. The Labute approximate surface area is 97.2 Å². The maximum absolute atomic E-state index is 10.6. The standard InChI is InChI=1S/C9H14N4O2S/c1-6-2-7(3-10)5-12(6)9-11-4-8(16-9)13(14)15/h4,6-7H,2-3,5,10H2,1H3. The van der Waals surface area contributed by atoms with E-state index in [0.29, 0.717) is 18.5 Å². The van der Waals surface area contributed by atoms with Crippen LogP contribution < -0.4 is 10.6 Å². The third kappa shape index (κ3) is 2.00. The number of nitro groups is 1. The van der Waals surface area contributed by atoms with Gasteiger partial charge in [-0.25, -0.2) is 4.98 Å². The molecule has 1 aromatic rings. The average molecular weight is 242 g/mol. The fourth-order valence-electron chi connectivity index (χ4n) is 2.05. The van der Waals surface area contributed by atoms with Crippen molar-refractivity contribution in [1.82, 2.24) is 4.98 Å². The molecule has 0 amide bonds. The van der Waals surface area contributed by atoms with Gasteiger partial charge in [-0.1, -0.05) is 0 Å². The smallest absolute Gasteiger partial charge is 0.345 e. The molecule has 1 aliphatic rings. The Morgan fingerprint density at radius 1 is 1.81 bits per heavy atom. The Bertz CT molecular complexity index is 395. The number of anilines is 1. The molecule has 2 heterocycles. The number of aromatic nitrogens is 1. The van der Waals surface area contributed by atoms with Gasteiger partial charge in [0.1, 0.15) is 6.20 Å². The van der Waals surface area contributed by atoms with Crippen molar-refractivity contribution in [3.8, 4) is 0 Å². The molecule has 0 aliphatic carbocycles. The highest BCUT2D eigenvalue weighted by Crippen LogP contribution is 2.34. The van der Waals surface area contributed by atoms with Crippen molar-refractivity contribution in [3.63, 3.8) is 0 Å². The van der Waals surface area contributed by atoms with Crippen LogP contribution in [0.15, 0.2) is 6.20 Å². The van der Waals surface area contributed by atoms with E-state index in [1.54, 1.807) is 0 Å². The predicted octanol–water partition coefficient (Wildman–Crippen LogP) is 1.22. The van der Waals surface area contributed by atoms with E-state index in [2.05, 4.69) is 16.8 Å². The molecule has 1 aliphatic heterocycles. The Balaban J connectivity index is 2.15. The minimum absolute atomic E-state index is 0.0957. The zero-order valence-electron chi connectivity index (χ0n) is 9.00. The van der Waals surface area contributed by atoms with Crippen molar-refractivity contribution >= 4 is 21.5 Å². The highest BCUT2D eigenvalue weighted by atomic mass is 32.1. The monoisotopic (exact) mass is 242 g/mol. The molecular weight excluding hydrogens is 228 g/mol. The van der Waals surface area contributed by atoms with E-state index in [-0.39, 0.29) is 5.00 Å². The molecule has 7 heteroatoms. The Morgan fingerprint density at radius 3 is 3.06 bits per heavy atom. The number of hydrogen-bond acceptors (Lipinski definition) is 6. The molecular formula is C9H14N4O2S. The van der Waals surface area contributed by atoms with Crippen LogP contribution in [0, 0.1) is 16.0 Å². The molecule has 0 saturated carbocycles. The van der Waals surface area contributed by atoms with Crippen molar-refractivity contribution in [2.24, 2.45) is 11.7 Å². The van der Waals surface area contributed by atoms with Crippen molar-refractivity contribution in [1.29, 1.82) is 0 Å². The minimum Gasteiger partial charge on any atom is -0.345 e. The van der Waals surface area contributed by atoms with Gasteiger partial charge in [0, 0.05) is 12.6 Å². The lowest BCUT2D eigenvalue weighted by Crippen LogP contribution is -2.27. The summed E-state index contributed by atoms with van der Waals surface area (Å²) in [7, 11) is 0. The first kappa shape index (κ1) is 11.3. The number of hydrogen-bond donors (Lipinski definition) is 1. The maximum Gasteiger partial charge on any atom is 0.345 e. The van der Waals surface area contributed by atoms with Gasteiger partial charge in [0.25, 0.3) is 0 Å². The van der Waals surface area contributed by atoms with Gasteiger partial charge in [-0.05, 0) is 37.1 Å². The number of rotatable bonds is 3. The second-order valence-corrected chi connectivity index (χ2v) is 5.06. The van der Waals surface area contributed by atoms with E-state index in [4.69, 9.17) is 5.73 Å². The van der Waals surface area contributed by atoms with E-state index in [1.165, 1.54) is 6.20 Å². The van der Waals surface area contributed by atoms with Crippen molar-refractivity contribution in [2.45, 2.75) is 19.4 Å². The summed E-state index contributed by atoms with van der Waals surface area (Å²) >= 11 is 1.13. The topological polar surface area (TPSA) is 85.3 Å². The maximum atomic E-state index is 10.6. The van der Waals surface area contributed by atoms with Crippen LogP contribution in [0.25, 0.3) is 0 Å². The first-order valence-electron chi connectivity index (χ1n) is 5.18. The minimum atomic E-state index is -0.400. The Morgan fingerprint density at radius 2 is 2.56 bits per heavy atom. The van der Waals surface area contributed by atoms with E-state index in [1.807, 2.05) is 0 Å². The summed E-state index contributed by atoms with van der Waals surface area (Å²) in [6.45, 7) is 3.61. The molecule has 2 rings (SSSR count). The summed E-state index contributed by atoms with van der Waals surface area (Å²) in [6, 6.07) is 0.360. The largest absolute Gasteiger partial charge is 0.345 e. The van der Waals surface area contributed by atoms with Crippen LogP contribution in [-0.4, -0.2) is 29.0 Å². The quantitative estimate of drug-likeness (QED) is 0.636. The van der Waals surface area contributed by atoms with E-state index < -0.39 is 4.92 Å². The second-order valence-electron chi connectivity index (χ2n) is 4.08. The molecule has 1 aromatic heterocycles. The van der Waals surface area contributed by atoms with Crippen LogP contribution in [0.1, 0.15) is 13.3 Å².